The first-order chi connectivity index (χ1) is 5.65. The second-order valence-electron chi connectivity index (χ2n) is 3.69. The van der Waals surface area contributed by atoms with E-state index in [1.54, 1.807) is 0 Å². The highest BCUT2D eigenvalue weighted by Crippen LogP contribution is 2.27. The smallest absolute Gasteiger partial charge is 0.225 e. The van der Waals surface area contributed by atoms with Crippen LogP contribution >= 0.6 is 0 Å². The summed E-state index contributed by atoms with van der Waals surface area (Å²) in [6.45, 7) is 2.95. The highest BCUT2D eigenvalue weighted by atomic mass is 16.2. The first-order valence-electron chi connectivity index (χ1n) is 4.65. The predicted octanol–water partition coefficient (Wildman–Crippen LogP) is 0.592. The first-order valence-corrected chi connectivity index (χ1v) is 4.65. The number of rotatable bonds is 3. The molecule has 0 aliphatic heterocycles. The number of hydrogen-bond donors (Lipinski definition) is 1. The molecule has 0 saturated heterocycles. The van der Waals surface area contributed by atoms with Crippen LogP contribution < -0.4 is 5.73 Å². The lowest BCUT2D eigenvalue weighted by Gasteiger charge is -2.34. The third-order valence-corrected chi connectivity index (χ3v) is 2.46. The molecular formula is C9H18N2O. The minimum absolute atomic E-state index is 0.219. The Bertz CT molecular complexity index is 157. The third kappa shape index (κ3) is 1.97. The SMILES string of the molecule is CCCN(C)C(=O)C1CC(N)C1. The average Bonchev–Trinajstić information content (AvgIpc) is 1.98. The standard InChI is InChI=1S/C9H18N2O/c1-3-4-11(2)9(12)7-5-8(10)6-7/h7-8H,3-6,10H2,1-2H3. The van der Waals surface area contributed by atoms with Crippen LogP contribution in [0.15, 0.2) is 0 Å². The molecule has 3 nitrogen and oxygen atoms in total. The van der Waals surface area contributed by atoms with E-state index in [0.29, 0.717) is 0 Å². The zero-order chi connectivity index (χ0) is 9.14. The van der Waals surface area contributed by atoms with Gasteiger partial charge < -0.3 is 10.6 Å². The van der Waals surface area contributed by atoms with Crippen molar-refractivity contribution in [1.82, 2.24) is 4.90 Å². The molecule has 0 unspecified atom stereocenters. The lowest BCUT2D eigenvalue weighted by Crippen LogP contribution is -2.45. The zero-order valence-corrected chi connectivity index (χ0v) is 7.92. The summed E-state index contributed by atoms with van der Waals surface area (Å²) in [5.41, 5.74) is 5.61. The quantitative estimate of drug-likeness (QED) is 0.674. The predicted molar refractivity (Wildman–Crippen MR) is 48.6 cm³/mol. The van der Waals surface area contributed by atoms with Crippen LogP contribution in [0.5, 0.6) is 0 Å². The van der Waals surface area contributed by atoms with Gasteiger partial charge in [-0.1, -0.05) is 6.92 Å². The molecule has 0 spiro atoms. The summed E-state index contributed by atoms with van der Waals surface area (Å²) in [7, 11) is 1.87. The summed E-state index contributed by atoms with van der Waals surface area (Å²) in [4.78, 5) is 13.3. The Morgan fingerprint density at radius 3 is 2.58 bits per heavy atom. The monoisotopic (exact) mass is 170 g/mol. The lowest BCUT2D eigenvalue weighted by atomic mass is 9.80. The van der Waals surface area contributed by atoms with Crippen LogP contribution in [0.3, 0.4) is 0 Å². The Kier molecular flexibility index (Phi) is 3.09. The first kappa shape index (κ1) is 9.52. The van der Waals surface area contributed by atoms with Gasteiger partial charge >= 0.3 is 0 Å². The van der Waals surface area contributed by atoms with E-state index in [-0.39, 0.29) is 17.9 Å². The van der Waals surface area contributed by atoms with E-state index in [1.807, 2.05) is 11.9 Å². The fourth-order valence-corrected chi connectivity index (χ4v) is 1.62. The Morgan fingerprint density at radius 2 is 2.17 bits per heavy atom. The molecule has 1 aliphatic rings. The normalized spacial score (nSPS) is 27.9. The van der Waals surface area contributed by atoms with Gasteiger partial charge in [0.2, 0.25) is 5.91 Å². The van der Waals surface area contributed by atoms with Crippen molar-refractivity contribution >= 4 is 5.91 Å². The topological polar surface area (TPSA) is 46.3 Å². The van der Waals surface area contributed by atoms with E-state index >= 15 is 0 Å². The second-order valence-corrected chi connectivity index (χ2v) is 3.69. The van der Waals surface area contributed by atoms with Crippen LogP contribution in [-0.4, -0.2) is 30.4 Å². The van der Waals surface area contributed by atoms with Gasteiger partial charge in [0.05, 0.1) is 0 Å². The minimum Gasteiger partial charge on any atom is -0.346 e. The Labute approximate surface area is 73.9 Å². The molecular weight excluding hydrogens is 152 g/mol. The summed E-state index contributed by atoms with van der Waals surface area (Å²) >= 11 is 0. The lowest BCUT2D eigenvalue weighted by molar-refractivity contribution is -0.137. The van der Waals surface area contributed by atoms with Crippen molar-refractivity contribution in [2.75, 3.05) is 13.6 Å². The average molecular weight is 170 g/mol. The maximum Gasteiger partial charge on any atom is 0.225 e. The van der Waals surface area contributed by atoms with Crippen molar-refractivity contribution in [3.8, 4) is 0 Å². The number of hydrogen-bond acceptors (Lipinski definition) is 2. The molecule has 0 aromatic rings. The van der Waals surface area contributed by atoms with E-state index in [2.05, 4.69) is 6.92 Å². The van der Waals surface area contributed by atoms with Gasteiger partial charge in [-0.15, -0.1) is 0 Å². The van der Waals surface area contributed by atoms with Crippen LogP contribution in [-0.2, 0) is 4.79 Å². The number of nitrogens with two attached hydrogens (primary N) is 1. The molecule has 0 atom stereocenters. The maximum absolute atomic E-state index is 11.5. The molecule has 0 bridgehead atoms. The van der Waals surface area contributed by atoms with E-state index in [4.69, 9.17) is 5.73 Å². The molecule has 2 N–H and O–H groups in total. The van der Waals surface area contributed by atoms with Crippen molar-refractivity contribution in [2.24, 2.45) is 11.7 Å². The summed E-state index contributed by atoms with van der Waals surface area (Å²) in [6, 6.07) is 0.272. The minimum atomic E-state index is 0.219. The van der Waals surface area contributed by atoms with Gasteiger partial charge in [0.25, 0.3) is 0 Å². The highest BCUT2D eigenvalue weighted by molar-refractivity contribution is 5.79. The molecule has 1 saturated carbocycles. The van der Waals surface area contributed by atoms with Crippen molar-refractivity contribution in [1.29, 1.82) is 0 Å². The van der Waals surface area contributed by atoms with Crippen LogP contribution in [0.2, 0.25) is 0 Å². The molecule has 1 amide bonds. The number of carbonyl (C=O) groups excluding carboxylic acids is 1. The van der Waals surface area contributed by atoms with Crippen LogP contribution in [0.1, 0.15) is 26.2 Å². The van der Waals surface area contributed by atoms with E-state index in [9.17, 15) is 4.79 Å². The molecule has 0 heterocycles. The molecule has 1 rings (SSSR count). The van der Waals surface area contributed by atoms with E-state index in [1.165, 1.54) is 0 Å². The van der Waals surface area contributed by atoms with Gasteiger partial charge in [-0.05, 0) is 19.3 Å². The van der Waals surface area contributed by atoms with Crippen LogP contribution in [0.25, 0.3) is 0 Å². The summed E-state index contributed by atoms with van der Waals surface area (Å²) in [5.74, 6) is 0.495. The number of carbonyl (C=O) groups is 1. The molecule has 70 valence electrons. The maximum atomic E-state index is 11.5. The molecule has 12 heavy (non-hydrogen) atoms. The van der Waals surface area contributed by atoms with Gasteiger partial charge in [-0.2, -0.15) is 0 Å². The van der Waals surface area contributed by atoms with Crippen LogP contribution in [0, 0.1) is 5.92 Å². The summed E-state index contributed by atoms with van der Waals surface area (Å²) < 4.78 is 0. The Morgan fingerprint density at radius 1 is 1.58 bits per heavy atom. The molecule has 0 aromatic carbocycles. The fraction of sp³-hybridized carbons (Fsp3) is 0.889. The van der Waals surface area contributed by atoms with Crippen molar-refractivity contribution < 1.29 is 4.79 Å². The van der Waals surface area contributed by atoms with Gasteiger partial charge in [0.1, 0.15) is 0 Å². The van der Waals surface area contributed by atoms with Crippen molar-refractivity contribution in [3.63, 3.8) is 0 Å². The summed E-state index contributed by atoms with van der Waals surface area (Å²) in [6.07, 6.45) is 2.79. The molecule has 3 heteroatoms. The molecule has 0 radical (unpaired) electrons. The zero-order valence-electron chi connectivity index (χ0n) is 7.92. The van der Waals surface area contributed by atoms with Gasteiger partial charge in [0.15, 0.2) is 0 Å². The number of amides is 1. The molecule has 0 aromatic heterocycles. The second kappa shape index (κ2) is 3.90. The molecule has 1 fully saturated rings. The third-order valence-electron chi connectivity index (χ3n) is 2.46. The van der Waals surface area contributed by atoms with E-state index in [0.717, 1.165) is 25.8 Å². The number of nitrogens with zero attached hydrogens (tertiary/aromatic N) is 1. The van der Waals surface area contributed by atoms with E-state index < -0.39 is 0 Å². The van der Waals surface area contributed by atoms with Crippen molar-refractivity contribution in [2.45, 2.75) is 32.2 Å². The highest BCUT2D eigenvalue weighted by Gasteiger charge is 2.33. The largest absolute Gasteiger partial charge is 0.346 e. The fourth-order valence-electron chi connectivity index (χ4n) is 1.62. The Balaban J connectivity index is 2.28. The molecule has 1 aliphatic carbocycles. The van der Waals surface area contributed by atoms with Crippen molar-refractivity contribution in [3.05, 3.63) is 0 Å². The Hall–Kier alpha value is -0.570. The summed E-state index contributed by atoms with van der Waals surface area (Å²) in [5, 5.41) is 0. The van der Waals surface area contributed by atoms with Gasteiger partial charge in [-0.3, -0.25) is 4.79 Å². The van der Waals surface area contributed by atoms with Gasteiger partial charge in [-0.25, -0.2) is 0 Å². The van der Waals surface area contributed by atoms with Gasteiger partial charge in [0, 0.05) is 25.6 Å². The van der Waals surface area contributed by atoms with Crippen LogP contribution in [0.4, 0.5) is 0 Å².